The maximum Gasteiger partial charge on any atom is 0.303 e. The Morgan fingerprint density at radius 1 is 1.06 bits per heavy atom. The molecule has 2 rings (SSSR count). The molecule has 2 bridgehead atoms. The van der Waals surface area contributed by atoms with Gasteiger partial charge in [-0.2, -0.15) is 0 Å². The van der Waals surface area contributed by atoms with Gasteiger partial charge in [-0.1, -0.05) is 26.0 Å². The molecule has 1 saturated carbocycles. The first-order chi connectivity index (χ1) is 7.79. The highest BCUT2D eigenvalue weighted by atomic mass is 16.4. The van der Waals surface area contributed by atoms with Crippen LogP contribution in [0, 0.1) is 22.7 Å². The van der Waals surface area contributed by atoms with Gasteiger partial charge in [-0.25, -0.2) is 0 Å². The summed E-state index contributed by atoms with van der Waals surface area (Å²) in [6, 6.07) is 0. The van der Waals surface area contributed by atoms with E-state index in [9.17, 15) is 9.59 Å². The number of carboxylic acid groups (broad SMARTS) is 2. The van der Waals surface area contributed by atoms with Crippen molar-refractivity contribution in [1.82, 2.24) is 0 Å². The summed E-state index contributed by atoms with van der Waals surface area (Å²) in [6.45, 7) is 3.86. The van der Waals surface area contributed by atoms with Crippen molar-refractivity contribution in [3.63, 3.8) is 0 Å². The minimum Gasteiger partial charge on any atom is -0.481 e. The van der Waals surface area contributed by atoms with E-state index in [1.165, 1.54) is 0 Å². The average Bonchev–Trinajstić information content (AvgIpc) is 2.68. The first-order valence-electron chi connectivity index (χ1n) is 5.91. The third-order valence-corrected chi connectivity index (χ3v) is 5.06. The standard InChI is InChI=1S/C13H18O4/c1-12(6-10(14)15)8-3-4-9(5-8)13(12,2)7-11(16)17/h3-4,8-9H,5-7H2,1-2H3,(H,14,15)(H,16,17). The van der Waals surface area contributed by atoms with Crippen molar-refractivity contribution >= 4 is 11.9 Å². The van der Waals surface area contributed by atoms with Crippen molar-refractivity contribution in [2.24, 2.45) is 22.7 Å². The van der Waals surface area contributed by atoms with E-state index in [-0.39, 0.29) is 24.7 Å². The molecule has 4 nitrogen and oxygen atoms in total. The summed E-state index contributed by atoms with van der Waals surface area (Å²) >= 11 is 0. The molecule has 0 spiro atoms. The zero-order valence-electron chi connectivity index (χ0n) is 10.1. The minimum atomic E-state index is -0.843. The van der Waals surface area contributed by atoms with E-state index in [1.807, 2.05) is 13.8 Å². The summed E-state index contributed by atoms with van der Waals surface area (Å²) in [7, 11) is 0. The van der Waals surface area contributed by atoms with Gasteiger partial charge in [-0.15, -0.1) is 0 Å². The van der Waals surface area contributed by atoms with E-state index in [4.69, 9.17) is 10.2 Å². The Labute approximate surface area is 100 Å². The zero-order valence-corrected chi connectivity index (χ0v) is 10.1. The van der Waals surface area contributed by atoms with Crippen LogP contribution < -0.4 is 0 Å². The predicted molar refractivity (Wildman–Crippen MR) is 61.5 cm³/mol. The Morgan fingerprint density at radius 2 is 1.41 bits per heavy atom. The molecular formula is C13H18O4. The molecule has 17 heavy (non-hydrogen) atoms. The fraction of sp³-hybridized carbons (Fsp3) is 0.692. The Morgan fingerprint density at radius 3 is 1.71 bits per heavy atom. The lowest BCUT2D eigenvalue weighted by Gasteiger charge is -2.46. The summed E-state index contributed by atoms with van der Waals surface area (Å²) in [5.74, 6) is -1.28. The van der Waals surface area contributed by atoms with Gasteiger partial charge in [0.1, 0.15) is 0 Å². The molecule has 0 amide bonds. The van der Waals surface area contributed by atoms with Gasteiger partial charge in [0.15, 0.2) is 0 Å². The number of carboxylic acids is 2. The summed E-state index contributed by atoms with van der Waals surface area (Å²) in [5.41, 5.74) is -0.896. The van der Waals surface area contributed by atoms with Gasteiger partial charge in [0.05, 0.1) is 12.8 Å². The van der Waals surface area contributed by atoms with E-state index in [1.54, 1.807) is 0 Å². The van der Waals surface area contributed by atoms with Crippen LogP contribution in [0.5, 0.6) is 0 Å². The first-order valence-corrected chi connectivity index (χ1v) is 5.91. The van der Waals surface area contributed by atoms with Gasteiger partial charge in [0.2, 0.25) is 0 Å². The molecule has 2 N–H and O–H groups in total. The van der Waals surface area contributed by atoms with Gasteiger partial charge < -0.3 is 10.2 Å². The van der Waals surface area contributed by atoms with Crippen LogP contribution in [-0.4, -0.2) is 22.2 Å². The third kappa shape index (κ3) is 1.58. The summed E-state index contributed by atoms with van der Waals surface area (Å²) in [4.78, 5) is 22.1. The zero-order chi connectivity index (χ0) is 12.8. The molecular weight excluding hydrogens is 220 g/mol. The van der Waals surface area contributed by atoms with Crippen LogP contribution in [0.1, 0.15) is 33.1 Å². The minimum absolute atomic E-state index is 0.0439. The van der Waals surface area contributed by atoms with Crippen molar-refractivity contribution in [3.8, 4) is 0 Å². The summed E-state index contributed by atoms with van der Waals surface area (Å²) in [6.07, 6.45) is 5.12. The van der Waals surface area contributed by atoms with Gasteiger partial charge in [-0.3, -0.25) is 9.59 Å². The van der Waals surface area contributed by atoms with Crippen LogP contribution >= 0.6 is 0 Å². The van der Waals surface area contributed by atoms with Crippen LogP contribution in [0.2, 0.25) is 0 Å². The molecule has 2 aliphatic carbocycles. The maximum atomic E-state index is 11.0. The molecule has 94 valence electrons. The van der Waals surface area contributed by atoms with Crippen molar-refractivity contribution < 1.29 is 19.8 Å². The van der Waals surface area contributed by atoms with E-state index in [0.717, 1.165) is 6.42 Å². The molecule has 0 saturated heterocycles. The van der Waals surface area contributed by atoms with E-state index in [2.05, 4.69) is 12.2 Å². The molecule has 0 aromatic heterocycles. The van der Waals surface area contributed by atoms with E-state index in [0.29, 0.717) is 0 Å². The first kappa shape index (κ1) is 12.1. The Balaban J connectivity index is 2.37. The Hall–Kier alpha value is -1.32. The lowest BCUT2D eigenvalue weighted by molar-refractivity contribution is -0.148. The SMILES string of the molecule is CC1(CC(=O)O)C2C=CC(C2)C1(C)CC(=O)O. The molecule has 4 heteroatoms. The highest BCUT2D eigenvalue weighted by Gasteiger charge is 2.61. The molecule has 1 fully saturated rings. The highest BCUT2D eigenvalue weighted by Crippen LogP contribution is 2.66. The van der Waals surface area contributed by atoms with Crippen molar-refractivity contribution in [1.29, 1.82) is 0 Å². The number of hydrogen-bond donors (Lipinski definition) is 2. The van der Waals surface area contributed by atoms with Gasteiger partial charge in [0.25, 0.3) is 0 Å². The second-order valence-corrected chi connectivity index (χ2v) is 5.81. The second kappa shape index (κ2) is 3.59. The summed E-state index contributed by atoms with van der Waals surface area (Å²) in [5, 5.41) is 18.1. The van der Waals surface area contributed by atoms with Gasteiger partial charge >= 0.3 is 11.9 Å². The van der Waals surface area contributed by atoms with Crippen molar-refractivity contribution in [2.75, 3.05) is 0 Å². The number of hydrogen-bond acceptors (Lipinski definition) is 2. The normalized spacial score (nSPS) is 42.9. The number of fused-ring (bicyclic) bond motifs is 2. The molecule has 0 aromatic rings. The Bertz CT molecular complexity index is 364. The molecule has 0 aromatic carbocycles. The lowest BCUT2D eigenvalue weighted by atomic mass is 9.57. The predicted octanol–water partition coefficient (Wildman–Crippen LogP) is 2.15. The highest BCUT2D eigenvalue weighted by molar-refractivity contribution is 5.71. The molecule has 0 aliphatic heterocycles. The average molecular weight is 238 g/mol. The topological polar surface area (TPSA) is 74.6 Å². The third-order valence-electron chi connectivity index (χ3n) is 5.06. The molecule has 2 aliphatic rings. The monoisotopic (exact) mass is 238 g/mol. The van der Waals surface area contributed by atoms with Crippen LogP contribution in [0.4, 0.5) is 0 Å². The molecule has 4 unspecified atom stereocenters. The number of rotatable bonds is 4. The van der Waals surface area contributed by atoms with E-state index < -0.39 is 22.8 Å². The molecule has 4 atom stereocenters. The van der Waals surface area contributed by atoms with Gasteiger partial charge in [-0.05, 0) is 29.1 Å². The van der Waals surface area contributed by atoms with Crippen molar-refractivity contribution in [2.45, 2.75) is 33.1 Å². The smallest absolute Gasteiger partial charge is 0.303 e. The van der Waals surface area contributed by atoms with Crippen LogP contribution in [-0.2, 0) is 9.59 Å². The fourth-order valence-corrected chi connectivity index (χ4v) is 3.79. The fourth-order valence-electron chi connectivity index (χ4n) is 3.79. The quantitative estimate of drug-likeness (QED) is 0.736. The number of aliphatic carboxylic acids is 2. The molecule has 0 heterocycles. The van der Waals surface area contributed by atoms with Crippen LogP contribution in [0.3, 0.4) is 0 Å². The molecule has 0 radical (unpaired) electrons. The number of carbonyl (C=O) groups is 2. The van der Waals surface area contributed by atoms with Crippen LogP contribution in [0.25, 0.3) is 0 Å². The van der Waals surface area contributed by atoms with E-state index >= 15 is 0 Å². The summed E-state index contributed by atoms with van der Waals surface area (Å²) < 4.78 is 0. The lowest BCUT2D eigenvalue weighted by Crippen LogP contribution is -2.44. The Kier molecular flexibility index (Phi) is 2.56. The number of allylic oxidation sites excluding steroid dienone is 2. The second-order valence-electron chi connectivity index (χ2n) is 5.81. The maximum absolute atomic E-state index is 11.0. The van der Waals surface area contributed by atoms with Gasteiger partial charge in [0, 0.05) is 0 Å². The van der Waals surface area contributed by atoms with Crippen LogP contribution in [0.15, 0.2) is 12.2 Å². The largest absolute Gasteiger partial charge is 0.481 e. The van der Waals surface area contributed by atoms with Crippen molar-refractivity contribution in [3.05, 3.63) is 12.2 Å².